The summed E-state index contributed by atoms with van der Waals surface area (Å²) in [6.07, 6.45) is 4.26. The molecule has 2 N–H and O–H groups in total. The van der Waals surface area contributed by atoms with Crippen LogP contribution in [0.4, 0.5) is 0 Å². The van der Waals surface area contributed by atoms with Crippen molar-refractivity contribution in [3.8, 4) is 0 Å². The van der Waals surface area contributed by atoms with Gasteiger partial charge in [-0.1, -0.05) is 84.7 Å². The predicted molar refractivity (Wildman–Crippen MR) is 318 cm³/mol. The van der Waals surface area contributed by atoms with E-state index in [0.29, 0.717) is 82.9 Å². The number of Topliss-reactive ketones (excluding diaryl/α,β-unsaturated/α-hetero) is 3. The summed E-state index contributed by atoms with van der Waals surface area (Å²) in [5.41, 5.74) is 0. The smallest absolute Gasteiger partial charge is 0.377 e. The lowest BCUT2D eigenvalue weighted by Gasteiger charge is -2.26. The van der Waals surface area contributed by atoms with Crippen molar-refractivity contribution in [2.45, 2.75) is 234 Å². The van der Waals surface area contributed by atoms with E-state index in [1.54, 1.807) is 42.2 Å². The summed E-state index contributed by atoms with van der Waals surface area (Å²) >= 11 is 0. The van der Waals surface area contributed by atoms with Crippen LogP contribution < -0.4 is 5.32 Å². The maximum absolute atomic E-state index is 13.3. The number of carbonyl (C=O) groups excluding carboxylic acids is 6. The molecule has 3 rings (SSSR count). The van der Waals surface area contributed by atoms with Gasteiger partial charge in [0.15, 0.2) is 0 Å². The average molecular weight is 1200 g/mol. The Hall–Kier alpha value is -1.27. The molecule has 0 radical (unpaired) electrons. The lowest BCUT2D eigenvalue weighted by Crippen LogP contribution is -2.40. The van der Waals surface area contributed by atoms with Crippen LogP contribution in [0.25, 0.3) is 0 Å². The molecule has 18 nitrogen and oxygen atoms in total. The van der Waals surface area contributed by atoms with Crippen LogP contribution in [0.3, 0.4) is 0 Å². The van der Waals surface area contributed by atoms with Gasteiger partial charge in [-0.05, 0) is 94.0 Å². The summed E-state index contributed by atoms with van der Waals surface area (Å²) in [6, 6.07) is -0.401. The van der Waals surface area contributed by atoms with E-state index in [2.05, 4.69) is 5.32 Å². The van der Waals surface area contributed by atoms with Crippen molar-refractivity contribution in [1.29, 1.82) is 0 Å². The Labute approximate surface area is 485 Å². The first-order valence-corrected chi connectivity index (χ1v) is 35.0. The number of phosphoric ester groups is 1. The Morgan fingerprint density at radius 2 is 0.974 bits per heavy atom. The molecule has 78 heavy (non-hydrogen) atoms. The van der Waals surface area contributed by atoms with E-state index < -0.39 is 20.0 Å². The Bertz CT molecular complexity index is 1830. The molecule has 3 amide bonds. The molecule has 0 bridgehead atoms. The molecule has 7 atom stereocenters. The largest absolute Gasteiger partial charge is 0.472 e. The molecule has 454 valence electrons. The van der Waals surface area contributed by atoms with Gasteiger partial charge in [0.25, 0.3) is 0 Å². The lowest BCUT2D eigenvalue weighted by atomic mass is 10.1. The number of rotatable bonds is 39. The Kier molecular flexibility index (Phi) is 36.7. The van der Waals surface area contributed by atoms with E-state index in [1.807, 2.05) is 102 Å². The van der Waals surface area contributed by atoms with Crippen molar-refractivity contribution in [3.63, 3.8) is 0 Å². The third-order valence-electron chi connectivity index (χ3n) is 12.9. The molecule has 3 aliphatic rings. The normalized spacial score (nSPS) is 21.5. The first-order valence-electron chi connectivity index (χ1n) is 28.5. The molecule has 3 fully saturated rings. The standard InChI is InChI=1S/C36H66N3O10PS2.C19H35NO4S2/c1-25(2)34(41)15-18-52-51-17-10-12-35(42)39-22-33(20-29(39)23-46-27(5)6)49-50(44,45)47-24-30-19-32(48-28(7)8)21-38(30)36(43)14-13-31(40)11-9-16-37-26(3)4;1-13(2)18(21)7-8-25-26-12-19(22)20-10-17(24-15(5)6)9-16(20)11-23-14(3)4/h25-30,32-33,37H,9-24H2,1-8H3,(H,44,45);13-17H,7-12H2,1-6H3/t29-,30-,32+,33+;16-,17+/m00/s1. The van der Waals surface area contributed by atoms with Crippen molar-refractivity contribution in [1.82, 2.24) is 20.0 Å². The minimum Gasteiger partial charge on any atom is -0.377 e. The molecule has 3 saturated heterocycles. The molecule has 0 saturated carbocycles. The topological polar surface area (TPSA) is 217 Å². The van der Waals surface area contributed by atoms with Gasteiger partial charge in [-0.15, -0.1) is 0 Å². The van der Waals surface area contributed by atoms with Crippen LogP contribution in [0.1, 0.15) is 168 Å². The Morgan fingerprint density at radius 3 is 1.46 bits per heavy atom. The number of carbonyl (C=O) groups is 6. The first-order chi connectivity index (χ1) is 36.7. The number of hydrogen-bond acceptors (Lipinski definition) is 18. The van der Waals surface area contributed by atoms with Gasteiger partial charge in [0.2, 0.25) is 17.7 Å². The van der Waals surface area contributed by atoms with Crippen molar-refractivity contribution in [3.05, 3.63) is 0 Å². The molecule has 23 heteroatoms. The van der Waals surface area contributed by atoms with Gasteiger partial charge in [-0.25, -0.2) is 4.57 Å². The molecule has 3 heterocycles. The number of amides is 3. The molecule has 0 aromatic heterocycles. The zero-order valence-corrected chi connectivity index (χ0v) is 53.9. The quantitative estimate of drug-likeness (QED) is 0.0333. The second-order valence-corrected chi connectivity index (χ2v) is 29.2. The SMILES string of the molecule is CC(C)NCCCC(=O)CCC(=O)N1C[C@H](OC(C)C)C[C@H]1COP(=O)(O)O[C@@H]1C[C@@H](COC(C)C)N(C(=O)CCCSSCCC(=O)C(C)C)C1.CC(C)OC[C@@H]1C[C@@H](OC(C)C)CN1C(=O)CSSCCC(=O)C(C)C. The maximum Gasteiger partial charge on any atom is 0.472 e. The van der Waals surface area contributed by atoms with Gasteiger partial charge in [-0.3, -0.25) is 37.8 Å². The number of hydrogen-bond donors (Lipinski definition) is 2. The van der Waals surface area contributed by atoms with Crippen molar-refractivity contribution < 1.29 is 66.2 Å². The van der Waals surface area contributed by atoms with Gasteiger partial charge in [0.1, 0.15) is 17.3 Å². The fourth-order valence-corrected chi connectivity index (χ4v) is 13.8. The van der Waals surface area contributed by atoms with Gasteiger partial charge in [-0.2, -0.15) is 0 Å². The fourth-order valence-electron chi connectivity index (χ4n) is 8.89. The minimum absolute atomic E-state index is 0.0273. The summed E-state index contributed by atoms with van der Waals surface area (Å²) in [7, 11) is 1.86. The molecule has 0 aromatic rings. The summed E-state index contributed by atoms with van der Waals surface area (Å²) < 4.78 is 47.8. The predicted octanol–water partition coefficient (Wildman–Crippen LogP) is 9.62. The van der Waals surface area contributed by atoms with E-state index in [-0.39, 0.29) is 128 Å². The average Bonchev–Trinajstić information content (AvgIpc) is 4.08. The van der Waals surface area contributed by atoms with E-state index in [1.165, 1.54) is 10.8 Å². The zero-order chi connectivity index (χ0) is 58.5. The van der Waals surface area contributed by atoms with Crippen LogP contribution >= 0.6 is 51.0 Å². The lowest BCUT2D eigenvalue weighted by molar-refractivity contribution is -0.135. The van der Waals surface area contributed by atoms with E-state index in [0.717, 1.165) is 30.2 Å². The number of ether oxygens (including phenoxy) is 4. The summed E-state index contributed by atoms with van der Waals surface area (Å²) in [5, 5.41) is 3.28. The van der Waals surface area contributed by atoms with E-state index in [9.17, 15) is 38.2 Å². The molecule has 3 aliphatic heterocycles. The van der Waals surface area contributed by atoms with Crippen LogP contribution in [-0.2, 0) is 61.3 Å². The highest BCUT2D eigenvalue weighted by atomic mass is 33.1. The maximum atomic E-state index is 13.3. The Balaban J connectivity index is 0.000000668. The third-order valence-corrected chi connectivity index (χ3v) is 18.7. The second-order valence-electron chi connectivity index (χ2n) is 22.5. The molecule has 0 aliphatic carbocycles. The second kappa shape index (κ2) is 39.3. The van der Waals surface area contributed by atoms with Gasteiger partial charge in [0, 0.05) is 93.3 Å². The first kappa shape index (κ1) is 72.8. The third kappa shape index (κ3) is 31.4. The van der Waals surface area contributed by atoms with Crippen molar-refractivity contribution >= 4 is 86.1 Å². The molecule has 0 spiro atoms. The van der Waals surface area contributed by atoms with Gasteiger partial charge in [0.05, 0.1) is 86.4 Å². The van der Waals surface area contributed by atoms with Crippen LogP contribution in [0.2, 0.25) is 0 Å². The number of ketones is 3. The fraction of sp³-hybridized carbons (Fsp3) is 0.891. The number of nitrogens with one attached hydrogen (secondary N) is 1. The molecule has 1 unspecified atom stereocenters. The van der Waals surface area contributed by atoms with Crippen LogP contribution in [-0.4, -0.2) is 191 Å². The molecular formula is C55H101N4O14PS4. The summed E-state index contributed by atoms with van der Waals surface area (Å²) in [4.78, 5) is 91.0. The van der Waals surface area contributed by atoms with Crippen LogP contribution in [0.5, 0.6) is 0 Å². The number of phosphoric acid groups is 1. The van der Waals surface area contributed by atoms with E-state index >= 15 is 0 Å². The number of nitrogens with zero attached hydrogens (tertiary/aromatic N) is 3. The minimum atomic E-state index is -4.57. The highest BCUT2D eigenvalue weighted by Crippen LogP contribution is 2.47. The highest BCUT2D eigenvalue weighted by Gasteiger charge is 2.42. The summed E-state index contributed by atoms with van der Waals surface area (Å²) in [5.74, 6) is 3.23. The summed E-state index contributed by atoms with van der Waals surface area (Å²) in [6.45, 7) is 29.9. The van der Waals surface area contributed by atoms with E-state index in [4.69, 9.17) is 28.0 Å². The van der Waals surface area contributed by atoms with Crippen LogP contribution in [0, 0.1) is 11.8 Å². The Morgan fingerprint density at radius 1 is 0.526 bits per heavy atom. The van der Waals surface area contributed by atoms with Crippen molar-refractivity contribution in [2.24, 2.45) is 11.8 Å². The van der Waals surface area contributed by atoms with Crippen molar-refractivity contribution in [2.75, 3.05) is 69.0 Å². The molecular weight excluding hydrogens is 1100 g/mol. The monoisotopic (exact) mass is 1200 g/mol. The van der Waals surface area contributed by atoms with Gasteiger partial charge >= 0.3 is 7.82 Å². The van der Waals surface area contributed by atoms with Crippen LogP contribution in [0.15, 0.2) is 0 Å². The molecule has 0 aromatic carbocycles. The zero-order valence-electron chi connectivity index (χ0n) is 49.7. The van der Waals surface area contributed by atoms with Gasteiger partial charge < -0.3 is 43.9 Å². The number of likely N-dealkylation sites (tertiary alicyclic amines) is 3. The highest BCUT2D eigenvalue weighted by molar-refractivity contribution is 8.77.